The Hall–Kier alpha value is -3.42. The highest BCUT2D eigenvalue weighted by molar-refractivity contribution is 6.00. The summed E-state index contributed by atoms with van der Waals surface area (Å²) in [4.78, 5) is 24.4. The maximum Gasteiger partial charge on any atom is 0.251 e. The van der Waals surface area contributed by atoms with Crippen LogP contribution < -0.4 is 29.6 Å². The number of methoxy groups -OCH3 is 4. The number of rotatable bonds is 8. The molecule has 2 aromatic carbocycles. The van der Waals surface area contributed by atoms with Gasteiger partial charge in [-0.15, -0.1) is 0 Å². The number of amides is 2. The Morgan fingerprint density at radius 2 is 1.48 bits per heavy atom. The maximum atomic E-state index is 12.3. The van der Waals surface area contributed by atoms with Gasteiger partial charge in [0.25, 0.3) is 5.91 Å². The van der Waals surface area contributed by atoms with Gasteiger partial charge in [-0.3, -0.25) is 9.59 Å². The molecule has 2 aromatic rings. The van der Waals surface area contributed by atoms with Gasteiger partial charge in [-0.1, -0.05) is 0 Å². The lowest BCUT2D eigenvalue weighted by Gasteiger charge is -2.12. The topological polar surface area (TPSA) is 95.1 Å². The molecule has 2 N–H and O–H groups in total. The first kappa shape index (κ1) is 19.9. The summed E-state index contributed by atoms with van der Waals surface area (Å²) in [5, 5.41) is 5.23. The second-order valence-corrected chi connectivity index (χ2v) is 5.37. The molecule has 8 nitrogen and oxygen atoms in total. The van der Waals surface area contributed by atoms with Crippen LogP contribution in [0.25, 0.3) is 0 Å². The van der Waals surface area contributed by atoms with Crippen LogP contribution in [0.15, 0.2) is 36.4 Å². The zero-order valence-electron chi connectivity index (χ0n) is 15.6. The average Bonchev–Trinajstić information content (AvgIpc) is 2.71. The molecule has 0 radical (unpaired) electrons. The van der Waals surface area contributed by atoms with E-state index in [9.17, 15) is 9.59 Å². The van der Waals surface area contributed by atoms with Crippen LogP contribution in [0.5, 0.6) is 23.0 Å². The summed E-state index contributed by atoms with van der Waals surface area (Å²) in [5.41, 5.74) is 0.793. The number of ether oxygens (including phenoxy) is 4. The molecule has 0 bridgehead atoms. The number of carbonyl (C=O) groups excluding carboxylic acids is 2. The second-order valence-electron chi connectivity index (χ2n) is 5.37. The zero-order valence-corrected chi connectivity index (χ0v) is 15.6. The first-order valence-corrected chi connectivity index (χ1v) is 8.04. The van der Waals surface area contributed by atoms with Crippen LogP contribution in [0.2, 0.25) is 0 Å². The van der Waals surface area contributed by atoms with Gasteiger partial charge in [0, 0.05) is 11.6 Å². The van der Waals surface area contributed by atoms with Crippen molar-refractivity contribution in [3.05, 3.63) is 42.0 Å². The molecule has 0 atom stereocenters. The standard InChI is InChI=1S/C19H22N2O6/c1-24-13-6-8-15(25-2)14(10-13)21-18(22)11-20-19(23)12-5-7-16(26-3)17(9-12)27-4/h5-10H,11H2,1-4H3,(H,20,23)(H,21,22). The molecule has 27 heavy (non-hydrogen) atoms. The van der Waals surface area contributed by atoms with Gasteiger partial charge in [0.2, 0.25) is 5.91 Å². The Balaban J connectivity index is 2.00. The van der Waals surface area contributed by atoms with Crippen LogP contribution in [0.4, 0.5) is 5.69 Å². The first-order chi connectivity index (χ1) is 13.0. The molecular weight excluding hydrogens is 352 g/mol. The molecule has 0 aliphatic rings. The second kappa shape index (κ2) is 9.33. The number of hydrogen-bond acceptors (Lipinski definition) is 6. The van der Waals surface area contributed by atoms with Crippen LogP contribution in [-0.4, -0.2) is 46.8 Å². The lowest BCUT2D eigenvalue weighted by molar-refractivity contribution is -0.115. The number of benzene rings is 2. The van der Waals surface area contributed by atoms with Crippen molar-refractivity contribution in [1.29, 1.82) is 0 Å². The molecule has 0 spiro atoms. The van der Waals surface area contributed by atoms with Crippen LogP contribution in [0, 0.1) is 0 Å². The van der Waals surface area contributed by atoms with Gasteiger partial charge >= 0.3 is 0 Å². The molecule has 144 valence electrons. The summed E-state index contributed by atoms with van der Waals surface area (Å²) >= 11 is 0. The Morgan fingerprint density at radius 1 is 0.815 bits per heavy atom. The molecule has 0 heterocycles. The average molecular weight is 374 g/mol. The van der Waals surface area contributed by atoms with Crippen molar-refractivity contribution in [2.24, 2.45) is 0 Å². The molecule has 0 aliphatic heterocycles. The molecule has 0 unspecified atom stereocenters. The van der Waals surface area contributed by atoms with Crippen molar-refractivity contribution in [1.82, 2.24) is 5.32 Å². The van der Waals surface area contributed by atoms with E-state index in [-0.39, 0.29) is 6.54 Å². The third-order valence-electron chi connectivity index (χ3n) is 3.74. The van der Waals surface area contributed by atoms with E-state index in [4.69, 9.17) is 18.9 Å². The van der Waals surface area contributed by atoms with E-state index in [1.165, 1.54) is 34.5 Å². The van der Waals surface area contributed by atoms with E-state index >= 15 is 0 Å². The summed E-state index contributed by atoms with van der Waals surface area (Å²) in [7, 11) is 6.01. The summed E-state index contributed by atoms with van der Waals surface area (Å²) in [6.07, 6.45) is 0. The fourth-order valence-corrected chi connectivity index (χ4v) is 2.35. The van der Waals surface area contributed by atoms with Crippen LogP contribution in [0.3, 0.4) is 0 Å². The molecule has 0 saturated heterocycles. The molecule has 8 heteroatoms. The predicted octanol–water partition coefficient (Wildman–Crippen LogP) is 2.09. The maximum absolute atomic E-state index is 12.3. The Morgan fingerprint density at radius 3 is 2.11 bits per heavy atom. The summed E-state index contributed by atoms with van der Waals surface area (Å²) < 4.78 is 20.6. The minimum absolute atomic E-state index is 0.215. The van der Waals surface area contributed by atoms with E-state index < -0.39 is 11.8 Å². The van der Waals surface area contributed by atoms with Crippen molar-refractivity contribution in [2.45, 2.75) is 0 Å². The molecule has 2 amide bonds. The first-order valence-electron chi connectivity index (χ1n) is 8.04. The zero-order chi connectivity index (χ0) is 19.8. The van der Waals surface area contributed by atoms with Gasteiger partial charge in [-0.2, -0.15) is 0 Å². The van der Waals surface area contributed by atoms with Crippen molar-refractivity contribution in [3.63, 3.8) is 0 Å². The van der Waals surface area contributed by atoms with Crippen LogP contribution in [-0.2, 0) is 4.79 Å². The van der Waals surface area contributed by atoms with Gasteiger partial charge in [-0.05, 0) is 30.3 Å². The minimum Gasteiger partial charge on any atom is -0.497 e. The van der Waals surface area contributed by atoms with Gasteiger partial charge < -0.3 is 29.6 Å². The molecule has 0 saturated carbocycles. The Bertz CT molecular complexity index is 822. The van der Waals surface area contributed by atoms with Crippen molar-refractivity contribution >= 4 is 17.5 Å². The number of carbonyl (C=O) groups is 2. The minimum atomic E-state index is -0.413. The molecular formula is C19H22N2O6. The highest BCUT2D eigenvalue weighted by atomic mass is 16.5. The van der Waals surface area contributed by atoms with Gasteiger partial charge in [0.05, 0.1) is 40.7 Å². The fourth-order valence-electron chi connectivity index (χ4n) is 2.35. The molecule has 0 aromatic heterocycles. The third-order valence-corrected chi connectivity index (χ3v) is 3.74. The Kier molecular flexibility index (Phi) is 6.87. The lowest BCUT2D eigenvalue weighted by atomic mass is 10.2. The SMILES string of the molecule is COc1ccc(OC)c(NC(=O)CNC(=O)c2ccc(OC)c(OC)c2)c1. The van der Waals surface area contributed by atoms with Crippen molar-refractivity contribution in [3.8, 4) is 23.0 Å². The number of anilines is 1. The quantitative estimate of drug-likeness (QED) is 0.735. The molecule has 0 aliphatic carbocycles. The van der Waals surface area contributed by atoms with Crippen LogP contribution in [0.1, 0.15) is 10.4 Å². The fraction of sp³-hybridized carbons (Fsp3) is 0.263. The summed E-state index contributed by atoms with van der Waals surface area (Å²) in [6.45, 7) is -0.215. The third kappa shape index (κ3) is 5.04. The molecule has 2 rings (SSSR count). The predicted molar refractivity (Wildman–Crippen MR) is 100 cm³/mol. The lowest BCUT2D eigenvalue weighted by Crippen LogP contribution is -2.32. The highest BCUT2D eigenvalue weighted by Crippen LogP contribution is 2.29. The van der Waals surface area contributed by atoms with Crippen molar-refractivity contribution in [2.75, 3.05) is 40.3 Å². The smallest absolute Gasteiger partial charge is 0.251 e. The highest BCUT2D eigenvalue weighted by Gasteiger charge is 2.13. The normalized spacial score (nSPS) is 9.93. The summed E-state index contributed by atoms with van der Waals surface area (Å²) in [5.74, 6) is 1.17. The van der Waals surface area contributed by atoms with E-state index in [0.29, 0.717) is 34.2 Å². The Labute approximate surface area is 157 Å². The van der Waals surface area contributed by atoms with E-state index in [0.717, 1.165) is 0 Å². The van der Waals surface area contributed by atoms with E-state index in [1.54, 1.807) is 30.3 Å². The van der Waals surface area contributed by atoms with Crippen LogP contribution >= 0.6 is 0 Å². The van der Waals surface area contributed by atoms with Crippen molar-refractivity contribution < 1.29 is 28.5 Å². The van der Waals surface area contributed by atoms with Gasteiger partial charge in [0.15, 0.2) is 11.5 Å². The summed E-state index contributed by atoms with van der Waals surface area (Å²) in [6, 6.07) is 9.77. The largest absolute Gasteiger partial charge is 0.497 e. The molecule has 0 fully saturated rings. The van der Waals surface area contributed by atoms with Gasteiger partial charge in [-0.25, -0.2) is 0 Å². The number of nitrogens with one attached hydrogen (secondary N) is 2. The van der Waals surface area contributed by atoms with E-state index in [1.807, 2.05) is 0 Å². The monoisotopic (exact) mass is 374 g/mol. The number of hydrogen-bond donors (Lipinski definition) is 2. The van der Waals surface area contributed by atoms with E-state index in [2.05, 4.69) is 10.6 Å². The van der Waals surface area contributed by atoms with Gasteiger partial charge in [0.1, 0.15) is 11.5 Å².